The van der Waals surface area contributed by atoms with Gasteiger partial charge in [-0.15, -0.1) is 0 Å². The number of aryl methyl sites for hydroxylation is 1. The Morgan fingerprint density at radius 2 is 1.92 bits per heavy atom. The van der Waals surface area contributed by atoms with Crippen LogP contribution in [-0.2, 0) is 4.74 Å². The molecule has 2 N–H and O–H groups in total. The van der Waals surface area contributed by atoms with E-state index in [1.807, 2.05) is 31.2 Å². The monoisotopic (exact) mass is 378 g/mol. The number of methoxy groups -OCH3 is 1. The highest BCUT2D eigenvalue weighted by Gasteiger charge is 2.11. The lowest BCUT2D eigenvalue weighted by molar-refractivity contribution is 0.0601. The van der Waals surface area contributed by atoms with E-state index in [4.69, 9.17) is 28.6 Å². The number of thiocarbonyl (C=S) groups is 1. The third kappa shape index (κ3) is 5.92. The summed E-state index contributed by atoms with van der Waals surface area (Å²) in [6.07, 6.45) is 0. The molecule has 0 saturated heterocycles. The lowest BCUT2D eigenvalue weighted by Crippen LogP contribution is -2.32. The van der Waals surface area contributed by atoms with Crippen LogP contribution in [0.3, 0.4) is 0 Å². The highest BCUT2D eigenvalue weighted by molar-refractivity contribution is 7.80. The van der Waals surface area contributed by atoms with Crippen LogP contribution in [0.1, 0.15) is 15.9 Å². The Morgan fingerprint density at radius 1 is 1.20 bits per heavy atom. The SMILES string of the molecule is COC(=O)c1cc(NC(=S)NCCOc2ccc(C)cc2)ccc1Cl. The van der Waals surface area contributed by atoms with Gasteiger partial charge in [0, 0.05) is 5.69 Å². The molecule has 2 rings (SSSR count). The topological polar surface area (TPSA) is 59.6 Å². The minimum atomic E-state index is -0.501. The van der Waals surface area contributed by atoms with Crippen molar-refractivity contribution in [2.75, 3.05) is 25.6 Å². The fourth-order valence-corrected chi connectivity index (χ4v) is 2.43. The van der Waals surface area contributed by atoms with E-state index in [1.54, 1.807) is 18.2 Å². The minimum absolute atomic E-state index is 0.277. The quantitative estimate of drug-likeness (QED) is 0.453. The van der Waals surface area contributed by atoms with Crippen molar-refractivity contribution < 1.29 is 14.3 Å². The van der Waals surface area contributed by atoms with Gasteiger partial charge >= 0.3 is 5.97 Å². The second kappa shape index (κ2) is 9.25. The van der Waals surface area contributed by atoms with Crippen molar-refractivity contribution in [1.29, 1.82) is 0 Å². The molecule has 0 heterocycles. The van der Waals surface area contributed by atoms with Gasteiger partial charge in [0.25, 0.3) is 0 Å². The van der Waals surface area contributed by atoms with Crippen LogP contribution >= 0.6 is 23.8 Å². The molecule has 2 aromatic rings. The Balaban J connectivity index is 1.80. The van der Waals surface area contributed by atoms with Crippen LogP contribution in [0.5, 0.6) is 5.75 Å². The average Bonchev–Trinajstić information content (AvgIpc) is 2.61. The lowest BCUT2D eigenvalue weighted by atomic mass is 10.2. The van der Waals surface area contributed by atoms with Gasteiger partial charge in [-0.25, -0.2) is 4.79 Å². The summed E-state index contributed by atoms with van der Waals surface area (Å²) in [6.45, 7) is 3.04. The predicted molar refractivity (Wildman–Crippen MR) is 104 cm³/mol. The number of hydrogen-bond acceptors (Lipinski definition) is 4. The number of nitrogens with one attached hydrogen (secondary N) is 2. The number of carbonyl (C=O) groups excluding carboxylic acids is 1. The normalized spacial score (nSPS) is 10.0. The molecule has 0 spiro atoms. The van der Waals surface area contributed by atoms with Crippen molar-refractivity contribution in [3.8, 4) is 5.75 Å². The standard InChI is InChI=1S/C18H19ClN2O3S/c1-12-3-6-14(7-4-12)24-10-9-20-18(25)21-13-5-8-16(19)15(11-13)17(22)23-2/h3-8,11H,9-10H2,1-2H3,(H2,20,21,25). The molecule has 0 radical (unpaired) electrons. The predicted octanol–water partition coefficient (Wildman–Crippen LogP) is 3.80. The van der Waals surface area contributed by atoms with E-state index in [1.165, 1.54) is 12.7 Å². The van der Waals surface area contributed by atoms with E-state index in [2.05, 4.69) is 15.4 Å². The minimum Gasteiger partial charge on any atom is -0.492 e. The maximum absolute atomic E-state index is 11.6. The summed E-state index contributed by atoms with van der Waals surface area (Å²) in [4.78, 5) is 11.6. The van der Waals surface area contributed by atoms with Gasteiger partial charge in [-0.3, -0.25) is 0 Å². The van der Waals surface area contributed by atoms with Crippen LogP contribution in [-0.4, -0.2) is 31.3 Å². The molecule has 0 bridgehead atoms. The van der Waals surface area contributed by atoms with Crippen molar-refractivity contribution in [3.05, 3.63) is 58.6 Å². The van der Waals surface area contributed by atoms with Gasteiger partial charge in [0.05, 0.1) is 24.2 Å². The molecule has 0 unspecified atom stereocenters. The van der Waals surface area contributed by atoms with Crippen LogP contribution < -0.4 is 15.4 Å². The molecule has 7 heteroatoms. The maximum atomic E-state index is 11.6. The second-order valence-electron chi connectivity index (χ2n) is 5.23. The van der Waals surface area contributed by atoms with Gasteiger partial charge in [-0.2, -0.15) is 0 Å². The number of rotatable bonds is 6. The first kappa shape index (κ1) is 19.0. The smallest absolute Gasteiger partial charge is 0.339 e. The van der Waals surface area contributed by atoms with Crippen LogP contribution in [0, 0.1) is 6.92 Å². The molecule has 0 aromatic heterocycles. The zero-order valence-corrected chi connectivity index (χ0v) is 15.5. The van der Waals surface area contributed by atoms with Gasteiger partial charge in [0.1, 0.15) is 12.4 Å². The third-order valence-corrected chi connectivity index (χ3v) is 3.88. The van der Waals surface area contributed by atoms with Crippen molar-refractivity contribution in [3.63, 3.8) is 0 Å². The summed E-state index contributed by atoms with van der Waals surface area (Å²) >= 11 is 11.2. The maximum Gasteiger partial charge on any atom is 0.339 e. The van der Waals surface area contributed by atoms with E-state index in [9.17, 15) is 4.79 Å². The van der Waals surface area contributed by atoms with Crippen molar-refractivity contribution in [1.82, 2.24) is 5.32 Å². The van der Waals surface area contributed by atoms with E-state index < -0.39 is 5.97 Å². The number of carbonyl (C=O) groups is 1. The average molecular weight is 379 g/mol. The van der Waals surface area contributed by atoms with E-state index in [0.717, 1.165) is 5.75 Å². The van der Waals surface area contributed by atoms with Gasteiger partial charge in [-0.1, -0.05) is 29.3 Å². The Morgan fingerprint density at radius 3 is 2.60 bits per heavy atom. The first-order valence-corrected chi connectivity index (χ1v) is 8.40. The molecule has 0 aliphatic heterocycles. The van der Waals surface area contributed by atoms with Gasteiger partial charge < -0.3 is 20.1 Å². The van der Waals surface area contributed by atoms with Crippen molar-refractivity contribution in [2.45, 2.75) is 6.92 Å². The fraction of sp³-hybridized carbons (Fsp3) is 0.222. The van der Waals surface area contributed by atoms with E-state index in [0.29, 0.717) is 29.0 Å². The summed E-state index contributed by atoms with van der Waals surface area (Å²) in [5, 5.41) is 6.77. The number of ether oxygens (including phenoxy) is 2. The molecule has 25 heavy (non-hydrogen) atoms. The molecule has 0 aliphatic rings. The second-order valence-corrected chi connectivity index (χ2v) is 6.04. The number of hydrogen-bond donors (Lipinski definition) is 2. The largest absolute Gasteiger partial charge is 0.492 e. The molecule has 132 valence electrons. The molecular weight excluding hydrogens is 360 g/mol. The van der Waals surface area contributed by atoms with Crippen LogP contribution in [0.2, 0.25) is 5.02 Å². The summed E-state index contributed by atoms with van der Waals surface area (Å²) < 4.78 is 10.3. The zero-order chi connectivity index (χ0) is 18.2. The van der Waals surface area contributed by atoms with Crippen LogP contribution in [0.15, 0.2) is 42.5 Å². The summed E-state index contributed by atoms with van der Waals surface area (Å²) in [5.74, 6) is 0.311. The van der Waals surface area contributed by atoms with Crippen molar-refractivity contribution in [2.24, 2.45) is 0 Å². The number of anilines is 1. The first-order valence-electron chi connectivity index (χ1n) is 7.62. The molecule has 0 aliphatic carbocycles. The molecule has 0 atom stereocenters. The highest BCUT2D eigenvalue weighted by atomic mass is 35.5. The molecular formula is C18H19ClN2O3S. The van der Waals surface area contributed by atoms with Gasteiger partial charge in [0.2, 0.25) is 0 Å². The lowest BCUT2D eigenvalue weighted by Gasteiger charge is -2.12. The Hall–Kier alpha value is -2.31. The fourth-order valence-electron chi connectivity index (χ4n) is 2.01. The Bertz CT molecular complexity index is 750. The number of halogens is 1. The summed E-state index contributed by atoms with van der Waals surface area (Å²) in [5.41, 5.74) is 2.10. The number of esters is 1. The molecule has 0 amide bonds. The molecule has 2 aromatic carbocycles. The van der Waals surface area contributed by atoms with Crippen LogP contribution in [0.25, 0.3) is 0 Å². The van der Waals surface area contributed by atoms with Crippen LogP contribution in [0.4, 0.5) is 5.69 Å². The highest BCUT2D eigenvalue weighted by Crippen LogP contribution is 2.21. The molecule has 5 nitrogen and oxygen atoms in total. The third-order valence-electron chi connectivity index (χ3n) is 3.31. The zero-order valence-electron chi connectivity index (χ0n) is 14.0. The molecule has 0 saturated carbocycles. The van der Waals surface area contributed by atoms with E-state index in [-0.39, 0.29) is 5.56 Å². The Labute approximate surface area is 157 Å². The summed E-state index contributed by atoms with van der Waals surface area (Å²) in [6, 6.07) is 12.8. The summed E-state index contributed by atoms with van der Waals surface area (Å²) in [7, 11) is 1.30. The first-order chi connectivity index (χ1) is 12.0. The Kier molecular flexibility index (Phi) is 7.03. The van der Waals surface area contributed by atoms with Gasteiger partial charge in [-0.05, 0) is 49.5 Å². The van der Waals surface area contributed by atoms with Gasteiger partial charge in [0.15, 0.2) is 5.11 Å². The molecule has 0 fully saturated rings. The van der Waals surface area contributed by atoms with E-state index >= 15 is 0 Å². The van der Waals surface area contributed by atoms with Crippen molar-refractivity contribution >= 4 is 40.6 Å². The number of benzene rings is 2.